The molecular formula is C21H25FN4O4S. The van der Waals surface area contributed by atoms with Gasteiger partial charge in [-0.15, -0.1) is 11.3 Å². The number of carbonyl (C=O) groups is 3. The minimum Gasteiger partial charge on any atom is -0.449 e. The number of benzene rings is 1. The van der Waals surface area contributed by atoms with Gasteiger partial charge in [0.25, 0.3) is 5.91 Å². The van der Waals surface area contributed by atoms with Gasteiger partial charge < -0.3 is 26.0 Å². The monoisotopic (exact) mass is 448 g/mol. The van der Waals surface area contributed by atoms with E-state index in [1.807, 2.05) is 6.92 Å². The summed E-state index contributed by atoms with van der Waals surface area (Å²) in [6.07, 6.45) is 1.95. The number of anilines is 1. The molecule has 10 heteroatoms. The maximum atomic E-state index is 13.6. The molecule has 8 nitrogen and oxygen atoms in total. The summed E-state index contributed by atoms with van der Waals surface area (Å²) in [5.74, 6) is -0.805. The quantitative estimate of drug-likeness (QED) is 0.559. The number of urea groups is 1. The predicted molar refractivity (Wildman–Crippen MR) is 117 cm³/mol. The van der Waals surface area contributed by atoms with Crippen LogP contribution in [0.15, 0.2) is 30.3 Å². The Kier molecular flexibility index (Phi) is 7.45. The maximum Gasteiger partial charge on any atom is 0.409 e. The molecule has 2 heterocycles. The molecule has 0 aliphatic carbocycles. The van der Waals surface area contributed by atoms with Crippen molar-refractivity contribution >= 4 is 35.1 Å². The number of likely N-dealkylation sites (tertiary alicyclic amines) is 1. The summed E-state index contributed by atoms with van der Waals surface area (Å²) in [5, 5.41) is 5.34. The minimum atomic E-state index is -0.806. The van der Waals surface area contributed by atoms with Crippen LogP contribution in [0.5, 0.6) is 0 Å². The number of nitrogens with two attached hydrogens (primary N) is 1. The summed E-state index contributed by atoms with van der Waals surface area (Å²) in [4.78, 5) is 38.8. The van der Waals surface area contributed by atoms with Crippen LogP contribution in [-0.2, 0) is 4.74 Å². The zero-order valence-electron chi connectivity index (χ0n) is 17.2. The fourth-order valence-electron chi connectivity index (χ4n) is 3.26. The number of ether oxygens (including phenoxy) is 1. The Morgan fingerprint density at radius 3 is 2.84 bits per heavy atom. The molecule has 0 spiro atoms. The summed E-state index contributed by atoms with van der Waals surface area (Å²) in [6.45, 7) is 3.22. The fourth-order valence-corrected chi connectivity index (χ4v) is 4.27. The average molecular weight is 449 g/mol. The number of amides is 4. The first kappa shape index (κ1) is 22.5. The summed E-state index contributed by atoms with van der Waals surface area (Å²) in [6, 6.07) is 6.49. The van der Waals surface area contributed by atoms with Crippen LogP contribution in [0.3, 0.4) is 0 Å². The van der Waals surface area contributed by atoms with E-state index in [4.69, 9.17) is 10.5 Å². The number of carbonyl (C=O) groups excluding carboxylic acids is 3. The number of nitrogens with zero attached hydrogens (tertiary/aromatic N) is 1. The largest absolute Gasteiger partial charge is 0.449 e. The average Bonchev–Trinajstić information content (AvgIpc) is 3.35. The highest BCUT2D eigenvalue weighted by atomic mass is 32.1. The maximum absolute atomic E-state index is 13.6. The third kappa shape index (κ3) is 5.94. The van der Waals surface area contributed by atoms with Crippen molar-refractivity contribution in [2.24, 2.45) is 5.73 Å². The normalized spacial score (nSPS) is 15.5. The van der Waals surface area contributed by atoms with E-state index in [0.29, 0.717) is 36.6 Å². The van der Waals surface area contributed by atoms with Crippen molar-refractivity contribution in [3.63, 3.8) is 0 Å². The second-order valence-corrected chi connectivity index (χ2v) is 8.28. The van der Waals surface area contributed by atoms with Crippen molar-refractivity contribution in [2.75, 3.05) is 25.0 Å². The standard InChI is InChI=1S/C21H25FN4O4S/c1-2-3-9-30-21(29)26-8-7-15(12-26)24-19(27)18-16(25-20(23)28)11-17(31-18)13-5-4-6-14(22)10-13/h4-6,10-11,15H,2-3,7-9,12H2,1H3,(H,24,27)(H3,23,25,28)/t15-/m1/s1. The molecule has 1 saturated heterocycles. The van der Waals surface area contributed by atoms with Gasteiger partial charge in [-0.25, -0.2) is 14.0 Å². The summed E-state index contributed by atoms with van der Waals surface area (Å²) < 4.78 is 18.8. The Labute approximate surface area is 183 Å². The van der Waals surface area contributed by atoms with E-state index in [0.717, 1.165) is 24.2 Å². The van der Waals surface area contributed by atoms with E-state index in [1.54, 1.807) is 23.1 Å². The molecule has 0 radical (unpaired) electrons. The van der Waals surface area contributed by atoms with E-state index >= 15 is 0 Å². The topological polar surface area (TPSA) is 114 Å². The van der Waals surface area contributed by atoms with Crippen LogP contribution in [-0.4, -0.2) is 48.7 Å². The molecule has 4 N–H and O–H groups in total. The van der Waals surface area contributed by atoms with Crippen molar-refractivity contribution in [3.05, 3.63) is 41.0 Å². The minimum absolute atomic E-state index is 0.243. The lowest BCUT2D eigenvalue weighted by atomic mass is 10.2. The van der Waals surface area contributed by atoms with Crippen LogP contribution >= 0.6 is 11.3 Å². The molecular weight excluding hydrogens is 423 g/mol. The Morgan fingerprint density at radius 2 is 2.13 bits per heavy atom. The molecule has 3 rings (SSSR count). The molecule has 1 aliphatic heterocycles. The van der Waals surface area contributed by atoms with Gasteiger partial charge in [-0.2, -0.15) is 0 Å². The highest BCUT2D eigenvalue weighted by Crippen LogP contribution is 2.35. The summed E-state index contributed by atoms with van der Waals surface area (Å²) in [5.41, 5.74) is 6.07. The zero-order valence-corrected chi connectivity index (χ0v) is 18.0. The van der Waals surface area contributed by atoms with E-state index in [2.05, 4.69) is 10.6 Å². The van der Waals surface area contributed by atoms with Crippen LogP contribution in [0.1, 0.15) is 35.9 Å². The predicted octanol–water partition coefficient (Wildman–Crippen LogP) is 3.79. The number of nitrogens with one attached hydrogen (secondary N) is 2. The SMILES string of the molecule is CCCCOC(=O)N1CC[C@@H](NC(=O)c2sc(-c3cccc(F)c3)cc2NC(N)=O)C1. The van der Waals surface area contributed by atoms with Crippen molar-refractivity contribution in [2.45, 2.75) is 32.2 Å². The van der Waals surface area contributed by atoms with Gasteiger partial charge in [0.1, 0.15) is 10.7 Å². The first-order valence-electron chi connectivity index (χ1n) is 10.1. The number of halogens is 1. The Hall–Kier alpha value is -3.14. The van der Waals surface area contributed by atoms with Gasteiger partial charge in [-0.05, 0) is 36.6 Å². The molecule has 0 bridgehead atoms. The van der Waals surface area contributed by atoms with Gasteiger partial charge in [-0.3, -0.25) is 4.79 Å². The van der Waals surface area contributed by atoms with Crippen LogP contribution in [0.4, 0.5) is 19.7 Å². The van der Waals surface area contributed by atoms with Gasteiger partial charge in [-0.1, -0.05) is 25.5 Å². The molecule has 0 saturated carbocycles. The van der Waals surface area contributed by atoms with Crippen LogP contribution < -0.4 is 16.4 Å². The van der Waals surface area contributed by atoms with E-state index in [1.165, 1.54) is 12.1 Å². The van der Waals surface area contributed by atoms with Gasteiger partial charge in [0.15, 0.2) is 0 Å². The Morgan fingerprint density at radius 1 is 1.32 bits per heavy atom. The molecule has 1 aromatic carbocycles. The van der Waals surface area contributed by atoms with E-state index < -0.39 is 17.8 Å². The second-order valence-electron chi connectivity index (χ2n) is 7.23. The number of hydrogen-bond acceptors (Lipinski definition) is 5. The van der Waals surface area contributed by atoms with Crippen LogP contribution in [0.2, 0.25) is 0 Å². The Balaban J connectivity index is 1.69. The molecule has 166 valence electrons. The number of unbranched alkanes of at least 4 members (excludes halogenated alkanes) is 1. The third-order valence-electron chi connectivity index (χ3n) is 4.81. The van der Waals surface area contributed by atoms with Crippen molar-refractivity contribution < 1.29 is 23.5 Å². The Bertz CT molecular complexity index is 965. The molecule has 1 fully saturated rings. The van der Waals surface area contributed by atoms with Gasteiger partial charge >= 0.3 is 12.1 Å². The first-order valence-corrected chi connectivity index (χ1v) is 10.9. The summed E-state index contributed by atoms with van der Waals surface area (Å²) in [7, 11) is 0. The summed E-state index contributed by atoms with van der Waals surface area (Å²) >= 11 is 1.12. The molecule has 1 aromatic heterocycles. The molecule has 4 amide bonds. The number of rotatable bonds is 7. The number of hydrogen-bond donors (Lipinski definition) is 3. The van der Waals surface area contributed by atoms with Gasteiger partial charge in [0.05, 0.1) is 12.3 Å². The van der Waals surface area contributed by atoms with Gasteiger partial charge in [0, 0.05) is 24.0 Å². The molecule has 1 atom stereocenters. The third-order valence-corrected chi connectivity index (χ3v) is 5.99. The second kappa shape index (κ2) is 10.3. The van der Waals surface area contributed by atoms with Crippen LogP contribution in [0, 0.1) is 5.82 Å². The van der Waals surface area contributed by atoms with E-state index in [-0.39, 0.29) is 22.7 Å². The molecule has 2 aromatic rings. The lowest BCUT2D eigenvalue weighted by Gasteiger charge is -2.17. The first-order chi connectivity index (χ1) is 14.9. The van der Waals surface area contributed by atoms with Crippen LogP contribution in [0.25, 0.3) is 10.4 Å². The molecule has 31 heavy (non-hydrogen) atoms. The smallest absolute Gasteiger partial charge is 0.409 e. The molecule has 0 unspecified atom stereocenters. The fraction of sp³-hybridized carbons (Fsp3) is 0.381. The van der Waals surface area contributed by atoms with Crippen molar-refractivity contribution in [1.82, 2.24) is 10.2 Å². The zero-order chi connectivity index (χ0) is 22.4. The number of primary amides is 1. The van der Waals surface area contributed by atoms with E-state index in [9.17, 15) is 18.8 Å². The lowest BCUT2D eigenvalue weighted by molar-refractivity contribution is 0.0931. The molecule has 1 aliphatic rings. The van der Waals surface area contributed by atoms with Crippen molar-refractivity contribution in [3.8, 4) is 10.4 Å². The highest BCUT2D eigenvalue weighted by molar-refractivity contribution is 7.18. The van der Waals surface area contributed by atoms with Crippen molar-refractivity contribution in [1.29, 1.82) is 0 Å². The lowest BCUT2D eigenvalue weighted by Crippen LogP contribution is -2.38. The highest BCUT2D eigenvalue weighted by Gasteiger charge is 2.29. The number of thiophene rings is 1. The van der Waals surface area contributed by atoms with Gasteiger partial charge in [0.2, 0.25) is 0 Å².